The molecule has 27 heavy (non-hydrogen) atoms. The van der Waals surface area contributed by atoms with E-state index >= 15 is 0 Å². The standard InChI is InChI=1S/C16H24N4S.C3H8O2S/c17-15-7-3-13(4-8-15)10-18-9-12-1-5-14(6-2-12)16-11-21-20-19-16;1-3(2)6(4)5/h1-2,5-6,11,13,15,18-20H,3-4,7-10,17H2;3H,1-2H3,(H,4,5)/p-1. The number of nitrogens with one attached hydrogen (secondary N) is 3. The summed E-state index contributed by atoms with van der Waals surface area (Å²) in [5.74, 6) is 0.806. The molecule has 3 rings (SSSR count). The average molecular weight is 412 g/mol. The van der Waals surface area contributed by atoms with Gasteiger partial charge in [0.25, 0.3) is 0 Å². The third kappa shape index (κ3) is 8.33. The summed E-state index contributed by atoms with van der Waals surface area (Å²) < 4.78 is 19.4. The SMILES string of the molecule is CC(C)S(=O)[O-].NC1CCC(CNCc2ccc(C3=CSNN3)cc2)CC1. The lowest BCUT2D eigenvalue weighted by Gasteiger charge is -2.26. The van der Waals surface area contributed by atoms with Gasteiger partial charge in [-0.25, -0.2) is 0 Å². The van der Waals surface area contributed by atoms with Gasteiger partial charge in [-0.15, -0.1) is 0 Å². The summed E-state index contributed by atoms with van der Waals surface area (Å²) in [4.78, 5) is 3.01. The molecule has 152 valence electrons. The first-order valence-electron chi connectivity index (χ1n) is 9.46. The largest absolute Gasteiger partial charge is 0.772 e. The molecule has 1 fully saturated rings. The van der Waals surface area contributed by atoms with Crippen molar-refractivity contribution in [1.82, 2.24) is 15.6 Å². The summed E-state index contributed by atoms with van der Waals surface area (Å²) in [7, 11) is 0. The molecule has 0 aromatic heterocycles. The Balaban J connectivity index is 0.000000380. The Morgan fingerprint density at radius 2 is 1.89 bits per heavy atom. The van der Waals surface area contributed by atoms with Crippen LogP contribution in [0.5, 0.6) is 0 Å². The molecule has 1 heterocycles. The Bertz CT molecular complexity index is 615. The van der Waals surface area contributed by atoms with Gasteiger partial charge in [-0.2, -0.15) is 4.83 Å². The lowest BCUT2D eigenvalue weighted by atomic mass is 9.86. The first-order chi connectivity index (χ1) is 13.0. The fraction of sp³-hybridized carbons (Fsp3) is 0.579. The van der Waals surface area contributed by atoms with Crippen LogP contribution in [0.1, 0.15) is 50.7 Å². The monoisotopic (exact) mass is 411 g/mol. The zero-order valence-electron chi connectivity index (χ0n) is 16.1. The van der Waals surface area contributed by atoms with Gasteiger partial charge < -0.3 is 21.0 Å². The Morgan fingerprint density at radius 3 is 2.41 bits per heavy atom. The third-order valence-corrected chi connectivity index (χ3v) is 6.07. The summed E-state index contributed by atoms with van der Waals surface area (Å²) in [5, 5.41) is 5.44. The molecule has 1 aromatic carbocycles. The maximum absolute atomic E-state index is 9.70. The highest BCUT2D eigenvalue weighted by molar-refractivity contribution is 8.00. The molecular weight excluding hydrogens is 380 g/mol. The van der Waals surface area contributed by atoms with Gasteiger partial charge in [-0.1, -0.05) is 49.2 Å². The highest BCUT2D eigenvalue weighted by Gasteiger charge is 2.17. The number of rotatable bonds is 6. The van der Waals surface area contributed by atoms with Crippen molar-refractivity contribution in [1.29, 1.82) is 0 Å². The maximum Gasteiger partial charge on any atom is 0.0645 e. The van der Waals surface area contributed by atoms with Crippen molar-refractivity contribution in [2.24, 2.45) is 11.7 Å². The van der Waals surface area contributed by atoms with E-state index in [1.54, 1.807) is 25.8 Å². The van der Waals surface area contributed by atoms with E-state index in [4.69, 9.17) is 5.73 Å². The molecule has 0 radical (unpaired) electrons. The molecule has 1 saturated carbocycles. The molecule has 0 bridgehead atoms. The van der Waals surface area contributed by atoms with Crippen molar-refractivity contribution < 1.29 is 8.76 Å². The topological polar surface area (TPSA) is 102 Å². The van der Waals surface area contributed by atoms with E-state index in [9.17, 15) is 8.76 Å². The highest BCUT2D eigenvalue weighted by Crippen LogP contribution is 2.22. The lowest BCUT2D eigenvalue weighted by Crippen LogP contribution is -2.31. The quantitative estimate of drug-likeness (QED) is 0.421. The second-order valence-corrected chi connectivity index (χ2v) is 9.43. The summed E-state index contributed by atoms with van der Waals surface area (Å²) in [6, 6.07) is 9.18. The number of benzene rings is 1. The predicted octanol–water partition coefficient (Wildman–Crippen LogP) is 2.62. The van der Waals surface area contributed by atoms with Crippen LogP contribution in [-0.2, 0) is 17.6 Å². The summed E-state index contributed by atoms with van der Waals surface area (Å²) in [6.07, 6.45) is 4.93. The van der Waals surface area contributed by atoms with Crippen molar-refractivity contribution in [3.05, 3.63) is 40.8 Å². The first kappa shape index (κ1) is 22.4. The zero-order valence-corrected chi connectivity index (χ0v) is 17.7. The van der Waals surface area contributed by atoms with Crippen molar-refractivity contribution in [3.63, 3.8) is 0 Å². The molecule has 1 atom stereocenters. The third-order valence-electron chi connectivity index (χ3n) is 4.72. The van der Waals surface area contributed by atoms with E-state index in [2.05, 4.69) is 45.2 Å². The molecule has 2 aliphatic rings. The van der Waals surface area contributed by atoms with Crippen molar-refractivity contribution in [3.8, 4) is 0 Å². The molecule has 8 heteroatoms. The maximum atomic E-state index is 9.70. The summed E-state index contributed by atoms with van der Waals surface area (Å²) in [6.45, 7) is 5.32. The van der Waals surface area contributed by atoms with Gasteiger partial charge in [-0.05, 0) is 61.2 Å². The van der Waals surface area contributed by atoms with Gasteiger partial charge in [0.15, 0.2) is 0 Å². The van der Waals surface area contributed by atoms with E-state index in [1.165, 1.54) is 36.8 Å². The fourth-order valence-electron chi connectivity index (χ4n) is 2.96. The van der Waals surface area contributed by atoms with E-state index < -0.39 is 11.1 Å². The van der Waals surface area contributed by atoms with E-state index in [0.29, 0.717) is 6.04 Å². The minimum Gasteiger partial charge on any atom is -0.772 e. The average Bonchev–Trinajstić information content (AvgIpc) is 3.19. The molecule has 1 aliphatic carbocycles. The van der Waals surface area contributed by atoms with Gasteiger partial charge >= 0.3 is 0 Å². The van der Waals surface area contributed by atoms with Crippen LogP contribution in [0.4, 0.5) is 0 Å². The molecule has 5 N–H and O–H groups in total. The summed E-state index contributed by atoms with van der Waals surface area (Å²) in [5.41, 5.74) is 12.8. The molecule has 1 aromatic rings. The van der Waals surface area contributed by atoms with Crippen LogP contribution in [0, 0.1) is 5.92 Å². The van der Waals surface area contributed by atoms with Crippen molar-refractivity contribution >= 4 is 28.7 Å². The van der Waals surface area contributed by atoms with Crippen LogP contribution in [0.3, 0.4) is 0 Å². The van der Waals surface area contributed by atoms with Crippen molar-refractivity contribution in [2.75, 3.05) is 6.54 Å². The normalized spacial score (nSPS) is 23.2. The molecule has 0 amide bonds. The molecular formula is C19H31N4O2S2-. The van der Waals surface area contributed by atoms with E-state index in [-0.39, 0.29) is 5.25 Å². The second-order valence-electron chi connectivity index (χ2n) is 7.29. The predicted molar refractivity (Wildman–Crippen MR) is 114 cm³/mol. The highest BCUT2D eigenvalue weighted by atomic mass is 32.2. The molecule has 0 spiro atoms. The van der Waals surface area contributed by atoms with Gasteiger partial charge in [0.1, 0.15) is 0 Å². The van der Waals surface area contributed by atoms with Crippen LogP contribution in [0.25, 0.3) is 5.70 Å². The van der Waals surface area contributed by atoms with Crippen LogP contribution in [0.15, 0.2) is 29.7 Å². The second kappa shape index (κ2) is 11.8. The number of hydrazine groups is 1. The van der Waals surface area contributed by atoms with E-state index in [0.717, 1.165) is 24.7 Å². The minimum atomic E-state index is -1.87. The first-order valence-corrected chi connectivity index (χ1v) is 11.5. The van der Waals surface area contributed by atoms with Crippen LogP contribution >= 0.6 is 11.9 Å². The van der Waals surface area contributed by atoms with Gasteiger partial charge in [0.05, 0.1) is 5.70 Å². The Labute approximate surface area is 169 Å². The molecule has 1 unspecified atom stereocenters. The zero-order chi connectivity index (χ0) is 19.6. The lowest BCUT2D eigenvalue weighted by molar-refractivity contribution is 0.314. The Hall–Kier alpha value is -0.900. The fourth-order valence-corrected chi connectivity index (χ4v) is 3.50. The molecule has 0 saturated heterocycles. The Morgan fingerprint density at radius 1 is 1.26 bits per heavy atom. The van der Waals surface area contributed by atoms with Gasteiger partial charge in [0.2, 0.25) is 0 Å². The molecule has 1 aliphatic heterocycles. The van der Waals surface area contributed by atoms with E-state index in [1.807, 2.05) is 0 Å². The number of nitrogens with two attached hydrogens (primary N) is 1. The van der Waals surface area contributed by atoms with Gasteiger partial charge in [0, 0.05) is 23.2 Å². The van der Waals surface area contributed by atoms with Crippen LogP contribution in [-0.4, -0.2) is 26.6 Å². The van der Waals surface area contributed by atoms with Gasteiger partial charge in [-0.3, -0.25) is 4.21 Å². The number of hydrogen-bond acceptors (Lipinski definition) is 7. The Kier molecular flexibility index (Phi) is 9.81. The smallest absolute Gasteiger partial charge is 0.0645 e. The van der Waals surface area contributed by atoms with Crippen molar-refractivity contribution in [2.45, 2.75) is 57.4 Å². The minimum absolute atomic E-state index is 0.231. The number of hydrogen-bond donors (Lipinski definition) is 4. The van der Waals surface area contributed by atoms with Crippen LogP contribution in [0.2, 0.25) is 0 Å². The molecule has 6 nitrogen and oxygen atoms in total. The summed E-state index contributed by atoms with van der Waals surface area (Å²) >= 11 is -0.301. The van der Waals surface area contributed by atoms with Crippen LogP contribution < -0.4 is 21.3 Å².